The molecule has 0 atom stereocenters. The lowest BCUT2D eigenvalue weighted by atomic mass is 10.0. The van der Waals surface area contributed by atoms with E-state index in [-0.39, 0.29) is 5.75 Å². The molecule has 108 valence electrons. The van der Waals surface area contributed by atoms with Gasteiger partial charge in [0.05, 0.1) is 11.1 Å². The first-order valence-electron chi connectivity index (χ1n) is 6.95. The lowest BCUT2D eigenvalue weighted by molar-refractivity contribution is 0.0733. The van der Waals surface area contributed by atoms with Crippen LogP contribution in [0.15, 0.2) is 60.7 Å². The minimum Gasteiger partial charge on any atom is -0.422 e. The fraction of sp³-hybridized carbons (Fsp3) is 0.0526. The lowest BCUT2D eigenvalue weighted by Crippen LogP contribution is -2.11. The summed E-state index contributed by atoms with van der Waals surface area (Å²) >= 11 is 0. The number of benzene rings is 3. The smallest absolute Gasteiger partial charge is 0.343 e. The van der Waals surface area contributed by atoms with Crippen molar-refractivity contribution in [2.45, 2.75) is 6.92 Å². The Bertz CT molecular complexity index is 865. The molecule has 0 radical (unpaired) electrons. The highest BCUT2D eigenvalue weighted by molar-refractivity contribution is 6.02. The summed E-state index contributed by atoms with van der Waals surface area (Å²) in [5.41, 5.74) is 1.72. The highest BCUT2D eigenvalue weighted by atomic mass is 16.5. The number of fused-ring (bicyclic) bond motifs is 1. The topological polar surface area (TPSA) is 43.4 Å². The maximum absolute atomic E-state index is 12.3. The van der Waals surface area contributed by atoms with Crippen LogP contribution in [0.25, 0.3) is 10.8 Å². The van der Waals surface area contributed by atoms with Gasteiger partial charge in [-0.05, 0) is 35.4 Å². The van der Waals surface area contributed by atoms with Gasteiger partial charge >= 0.3 is 5.97 Å². The van der Waals surface area contributed by atoms with E-state index >= 15 is 0 Å². The Balaban J connectivity index is 2.02. The van der Waals surface area contributed by atoms with Crippen LogP contribution in [-0.2, 0) is 0 Å². The molecular formula is C19H14O3. The average Bonchev–Trinajstić information content (AvgIpc) is 2.55. The van der Waals surface area contributed by atoms with E-state index in [4.69, 9.17) is 4.74 Å². The second kappa shape index (κ2) is 5.82. The summed E-state index contributed by atoms with van der Waals surface area (Å²) in [5.74, 6) is -0.182. The number of carbonyl (C=O) groups is 2. The molecule has 3 nitrogen and oxygen atoms in total. The van der Waals surface area contributed by atoms with Crippen molar-refractivity contribution in [3.63, 3.8) is 0 Å². The number of hydrogen-bond acceptors (Lipinski definition) is 3. The molecule has 0 unspecified atom stereocenters. The standard InChI is InChI=1S/C19H14O3/c1-13-6-2-4-8-15(13)19(21)22-18-11-10-14-7-3-5-9-16(14)17(18)12-20/h2-12H,1H3. The monoisotopic (exact) mass is 290 g/mol. The highest BCUT2D eigenvalue weighted by Crippen LogP contribution is 2.27. The number of carbonyl (C=O) groups excluding carboxylic acids is 2. The number of ether oxygens (including phenoxy) is 1. The van der Waals surface area contributed by atoms with Gasteiger partial charge in [-0.2, -0.15) is 0 Å². The minimum absolute atomic E-state index is 0.280. The van der Waals surface area contributed by atoms with E-state index < -0.39 is 5.97 Å². The van der Waals surface area contributed by atoms with E-state index in [1.807, 2.05) is 49.4 Å². The van der Waals surface area contributed by atoms with Crippen LogP contribution >= 0.6 is 0 Å². The first kappa shape index (κ1) is 14.0. The molecule has 3 aromatic carbocycles. The van der Waals surface area contributed by atoms with Crippen LogP contribution in [0.2, 0.25) is 0 Å². The first-order valence-corrected chi connectivity index (χ1v) is 6.95. The van der Waals surface area contributed by atoms with Crippen molar-refractivity contribution >= 4 is 23.0 Å². The van der Waals surface area contributed by atoms with Crippen LogP contribution in [0.5, 0.6) is 5.75 Å². The fourth-order valence-corrected chi connectivity index (χ4v) is 2.44. The van der Waals surface area contributed by atoms with E-state index in [1.165, 1.54) is 0 Å². The Morgan fingerprint density at radius 2 is 1.68 bits per heavy atom. The molecular weight excluding hydrogens is 276 g/mol. The quantitative estimate of drug-likeness (QED) is 0.413. The van der Waals surface area contributed by atoms with Gasteiger partial charge in [0.15, 0.2) is 6.29 Å². The maximum Gasteiger partial charge on any atom is 0.343 e. The fourth-order valence-electron chi connectivity index (χ4n) is 2.44. The van der Waals surface area contributed by atoms with E-state index in [1.54, 1.807) is 18.2 Å². The van der Waals surface area contributed by atoms with Gasteiger partial charge in [-0.1, -0.05) is 48.5 Å². The molecule has 3 rings (SSSR count). The van der Waals surface area contributed by atoms with Crippen molar-refractivity contribution in [3.05, 3.63) is 77.4 Å². The zero-order valence-corrected chi connectivity index (χ0v) is 12.1. The lowest BCUT2D eigenvalue weighted by Gasteiger charge is -2.10. The Hall–Kier alpha value is -2.94. The van der Waals surface area contributed by atoms with E-state index in [2.05, 4.69) is 0 Å². The van der Waals surface area contributed by atoms with Crippen LogP contribution in [0.4, 0.5) is 0 Å². The number of esters is 1. The SMILES string of the molecule is Cc1ccccc1C(=O)Oc1ccc2ccccc2c1C=O. The molecule has 0 bridgehead atoms. The van der Waals surface area contributed by atoms with Crippen LogP contribution in [0, 0.1) is 6.92 Å². The summed E-state index contributed by atoms with van der Waals surface area (Å²) in [4.78, 5) is 23.7. The van der Waals surface area contributed by atoms with Crippen LogP contribution < -0.4 is 4.74 Å². The third-order valence-electron chi connectivity index (χ3n) is 3.62. The first-order chi connectivity index (χ1) is 10.7. The summed E-state index contributed by atoms with van der Waals surface area (Å²) in [6, 6.07) is 18.2. The van der Waals surface area contributed by atoms with Crippen LogP contribution in [0.1, 0.15) is 26.3 Å². The highest BCUT2D eigenvalue weighted by Gasteiger charge is 2.15. The number of hydrogen-bond donors (Lipinski definition) is 0. The molecule has 0 aliphatic rings. The summed E-state index contributed by atoms with van der Waals surface area (Å²) in [5, 5.41) is 1.70. The second-order valence-corrected chi connectivity index (χ2v) is 5.02. The van der Waals surface area contributed by atoms with E-state index in [0.717, 1.165) is 22.6 Å². The molecule has 0 fully saturated rings. The number of aryl methyl sites for hydroxylation is 1. The molecule has 0 heterocycles. The Kier molecular flexibility index (Phi) is 3.71. The zero-order valence-electron chi connectivity index (χ0n) is 12.1. The van der Waals surface area contributed by atoms with Crippen LogP contribution in [0.3, 0.4) is 0 Å². The van der Waals surface area contributed by atoms with Crippen molar-refractivity contribution < 1.29 is 14.3 Å². The predicted octanol–water partition coefficient (Wildman–Crippen LogP) is 4.18. The van der Waals surface area contributed by atoms with Gasteiger partial charge in [0, 0.05) is 0 Å². The van der Waals surface area contributed by atoms with Gasteiger partial charge in [-0.15, -0.1) is 0 Å². The molecule has 0 spiro atoms. The summed E-state index contributed by atoms with van der Waals surface area (Å²) in [6.45, 7) is 1.84. The van der Waals surface area contributed by atoms with E-state index in [0.29, 0.717) is 11.1 Å². The van der Waals surface area contributed by atoms with Gasteiger partial charge in [-0.3, -0.25) is 4.79 Å². The summed E-state index contributed by atoms with van der Waals surface area (Å²) in [7, 11) is 0. The molecule has 3 heteroatoms. The van der Waals surface area contributed by atoms with Crippen molar-refractivity contribution in [3.8, 4) is 5.75 Å². The average molecular weight is 290 g/mol. The molecule has 0 aliphatic heterocycles. The zero-order chi connectivity index (χ0) is 15.5. The van der Waals surface area contributed by atoms with Gasteiger partial charge in [0.2, 0.25) is 0 Å². The third-order valence-corrected chi connectivity index (χ3v) is 3.62. The summed E-state index contributed by atoms with van der Waals surface area (Å²) in [6.07, 6.45) is 0.725. The molecule has 0 amide bonds. The molecule has 0 saturated carbocycles. The normalized spacial score (nSPS) is 10.4. The minimum atomic E-state index is -0.462. The van der Waals surface area contributed by atoms with Crippen LogP contribution in [-0.4, -0.2) is 12.3 Å². The van der Waals surface area contributed by atoms with Gasteiger partial charge < -0.3 is 4.74 Å². The predicted molar refractivity (Wildman–Crippen MR) is 85.5 cm³/mol. The number of aldehydes is 1. The second-order valence-electron chi connectivity index (χ2n) is 5.02. The molecule has 0 saturated heterocycles. The molecule has 0 N–H and O–H groups in total. The third kappa shape index (κ3) is 2.49. The Morgan fingerprint density at radius 3 is 2.45 bits per heavy atom. The largest absolute Gasteiger partial charge is 0.422 e. The van der Waals surface area contributed by atoms with Crippen molar-refractivity contribution in [1.82, 2.24) is 0 Å². The summed E-state index contributed by atoms with van der Waals surface area (Å²) < 4.78 is 5.44. The molecule has 22 heavy (non-hydrogen) atoms. The molecule has 0 aromatic heterocycles. The molecule has 3 aromatic rings. The number of rotatable bonds is 3. The van der Waals surface area contributed by atoms with Crippen molar-refractivity contribution in [2.75, 3.05) is 0 Å². The van der Waals surface area contributed by atoms with Crippen molar-refractivity contribution in [2.24, 2.45) is 0 Å². The van der Waals surface area contributed by atoms with Gasteiger partial charge in [0.25, 0.3) is 0 Å². The van der Waals surface area contributed by atoms with Crippen molar-refractivity contribution in [1.29, 1.82) is 0 Å². The maximum atomic E-state index is 12.3. The molecule has 0 aliphatic carbocycles. The van der Waals surface area contributed by atoms with Gasteiger partial charge in [0.1, 0.15) is 5.75 Å². The Morgan fingerprint density at radius 1 is 0.955 bits per heavy atom. The van der Waals surface area contributed by atoms with Gasteiger partial charge in [-0.25, -0.2) is 4.79 Å². The Labute approximate surface area is 128 Å². The van der Waals surface area contributed by atoms with E-state index in [9.17, 15) is 9.59 Å².